The second-order valence-corrected chi connectivity index (χ2v) is 6.32. The summed E-state index contributed by atoms with van der Waals surface area (Å²) < 4.78 is 0.722. The van der Waals surface area contributed by atoms with Crippen LogP contribution in [0.25, 0.3) is 0 Å². The minimum Gasteiger partial charge on any atom is -0.507 e. The number of hydrogen-bond acceptors (Lipinski definition) is 4. The van der Waals surface area contributed by atoms with Gasteiger partial charge in [-0.15, -0.1) is 11.3 Å². The fourth-order valence-corrected chi connectivity index (χ4v) is 2.82. The van der Waals surface area contributed by atoms with Crippen molar-refractivity contribution in [3.8, 4) is 5.75 Å². The molecule has 1 aromatic heterocycles. The smallest absolute Gasteiger partial charge is 0.129 e. The number of hydrogen-bond donors (Lipinski definition) is 2. The number of nitrogens with zero attached hydrogens (tertiary/aromatic N) is 1. The number of nitrogens with one attached hydrogen (secondary N) is 1. The zero-order valence-corrected chi connectivity index (χ0v) is 12.7. The molecule has 2 aromatic rings. The van der Waals surface area contributed by atoms with Gasteiger partial charge in [-0.05, 0) is 47.5 Å². The summed E-state index contributed by atoms with van der Waals surface area (Å²) in [6, 6.07) is 5.75. The molecule has 1 unspecified atom stereocenters. The van der Waals surface area contributed by atoms with E-state index in [9.17, 15) is 5.11 Å². The lowest BCUT2D eigenvalue weighted by Gasteiger charge is -2.11. The number of phenols is 1. The van der Waals surface area contributed by atoms with Crippen LogP contribution in [0.3, 0.4) is 0 Å². The average molecular weight is 327 g/mol. The molecule has 0 spiro atoms. The zero-order valence-electron chi connectivity index (χ0n) is 10.3. The van der Waals surface area contributed by atoms with E-state index in [2.05, 4.69) is 40.1 Å². The maximum Gasteiger partial charge on any atom is 0.129 e. The molecular weight excluding hydrogens is 312 g/mol. The van der Waals surface area contributed by atoms with Crippen molar-refractivity contribution in [1.82, 2.24) is 10.3 Å². The Morgan fingerprint density at radius 2 is 2.28 bits per heavy atom. The van der Waals surface area contributed by atoms with E-state index < -0.39 is 0 Å². The highest BCUT2D eigenvalue weighted by atomic mass is 79.9. The minimum atomic E-state index is 0.233. The van der Waals surface area contributed by atoms with Crippen molar-refractivity contribution >= 4 is 27.3 Å². The quantitative estimate of drug-likeness (QED) is 0.898. The average Bonchev–Trinajstić information content (AvgIpc) is 2.77. The van der Waals surface area contributed by atoms with Crippen LogP contribution in [0.15, 0.2) is 28.9 Å². The van der Waals surface area contributed by atoms with Gasteiger partial charge in [0, 0.05) is 17.6 Å². The van der Waals surface area contributed by atoms with E-state index >= 15 is 0 Å². The number of rotatable bonds is 4. The largest absolute Gasteiger partial charge is 0.507 e. The predicted octanol–water partition coefficient (Wildman–Crippen LogP) is 3.77. The van der Waals surface area contributed by atoms with E-state index in [4.69, 9.17) is 0 Å². The second kappa shape index (κ2) is 5.82. The van der Waals surface area contributed by atoms with Gasteiger partial charge in [-0.3, -0.25) is 0 Å². The first kappa shape index (κ1) is 13.5. The summed E-state index contributed by atoms with van der Waals surface area (Å²) in [5, 5.41) is 13.9. The van der Waals surface area contributed by atoms with E-state index in [1.54, 1.807) is 17.4 Å². The van der Waals surface area contributed by atoms with Gasteiger partial charge in [0.1, 0.15) is 10.8 Å². The maximum absolute atomic E-state index is 9.43. The van der Waals surface area contributed by atoms with Crippen LogP contribution in [-0.2, 0) is 6.54 Å². The Morgan fingerprint density at radius 1 is 1.50 bits per heavy atom. The van der Waals surface area contributed by atoms with Crippen molar-refractivity contribution in [2.75, 3.05) is 0 Å². The van der Waals surface area contributed by atoms with Crippen LogP contribution in [0.4, 0.5) is 0 Å². The number of phenolic OH excluding ortho intramolecular Hbond substituents is 1. The number of aromatic nitrogens is 1. The Bertz CT molecular complexity index is 542. The van der Waals surface area contributed by atoms with Gasteiger partial charge in [0.15, 0.2) is 0 Å². The van der Waals surface area contributed by atoms with Crippen molar-refractivity contribution < 1.29 is 5.11 Å². The minimum absolute atomic E-state index is 0.233. The fourth-order valence-electron chi connectivity index (χ4n) is 1.59. The summed E-state index contributed by atoms with van der Waals surface area (Å²) in [7, 11) is 0. The van der Waals surface area contributed by atoms with Crippen LogP contribution in [-0.4, -0.2) is 10.1 Å². The molecule has 0 aliphatic carbocycles. The first-order valence-electron chi connectivity index (χ1n) is 5.69. The number of aromatic hydroxyl groups is 1. The van der Waals surface area contributed by atoms with Crippen LogP contribution < -0.4 is 5.32 Å². The van der Waals surface area contributed by atoms with E-state index in [-0.39, 0.29) is 11.8 Å². The molecule has 1 atom stereocenters. The summed E-state index contributed by atoms with van der Waals surface area (Å²) in [5.41, 5.74) is 1.12. The molecule has 0 aliphatic rings. The first-order chi connectivity index (χ1) is 8.56. The van der Waals surface area contributed by atoms with Crippen molar-refractivity contribution in [3.63, 3.8) is 0 Å². The Kier molecular flexibility index (Phi) is 4.37. The molecule has 96 valence electrons. The fraction of sp³-hybridized carbons (Fsp3) is 0.308. The van der Waals surface area contributed by atoms with Gasteiger partial charge in [0.05, 0.1) is 10.5 Å². The van der Waals surface area contributed by atoms with Crippen LogP contribution in [0, 0.1) is 6.92 Å². The molecular formula is C13H15BrN2OS. The lowest BCUT2D eigenvalue weighted by Crippen LogP contribution is -2.17. The number of aryl methyl sites for hydroxylation is 1. The van der Waals surface area contributed by atoms with Crippen LogP contribution in [0.1, 0.15) is 28.4 Å². The van der Waals surface area contributed by atoms with Gasteiger partial charge in [0.2, 0.25) is 0 Å². The molecule has 2 rings (SSSR count). The summed E-state index contributed by atoms with van der Waals surface area (Å²) in [4.78, 5) is 5.59. The molecule has 0 radical (unpaired) electrons. The normalized spacial score (nSPS) is 12.6. The standard InChI is InChI=1S/C13H15BrN2OS/c1-8-6-16-13(18-8)9(2)15-7-10-3-4-12(17)11(14)5-10/h3-6,9,15,17H,7H2,1-2H3. The molecule has 5 heteroatoms. The predicted molar refractivity (Wildman–Crippen MR) is 77.9 cm³/mol. The van der Waals surface area contributed by atoms with Gasteiger partial charge >= 0.3 is 0 Å². The lowest BCUT2D eigenvalue weighted by atomic mass is 10.2. The summed E-state index contributed by atoms with van der Waals surface area (Å²) in [5.74, 6) is 0.266. The van der Waals surface area contributed by atoms with Crippen LogP contribution in [0.5, 0.6) is 5.75 Å². The van der Waals surface area contributed by atoms with Crippen molar-refractivity contribution in [2.24, 2.45) is 0 Å². The molecule has 0 saturated carbocycles. The number of halogens is 1. The molecule has 18 heavy (non-hydrogen) atoms. The van der Waals surface area contributed by atoms with Gasteiger partial charge in [0.25, 0.3) is 0 Å². The van der Waals surface area contributed by atoms with Gasteiger partial charge in [-0.2, -0.15) is 0 Å². The topological polar surface area (TPSA) is 45.2 Å². The summed E-state index contributed by atoms with van der Waals surface area (Å²) >= 11 is 5.03. The van der Waals surface area contributed by atoms with E-state index in [1.807, 2.05) is 18.3 Å². The molecule has 0 bridgehead atoms. The van der Waals surface area contributed by atoms with E-state index in [1.165, 1.54) is 4.88 Å². The Labute approximate surface area is 119 Å². The highest BCUT2D eigenvalue weighted by molar-refractivity contribution is 9.10. The molecule has 1 heterocycles. The summed E-state index contributed by atoms with van der Waals surface area (Å²) in [6.45, 7) is 4.91. The van der Waals surface area contributed by atoms with E-state index in [0.717, 1.165) is 21.6 Å². The number of benzene rings is 1. The SMILES string of the molecule is Cc1cnc(C(C)NCc2ccc(O)c(Br)c2)s1. The molecule has 3 nitrogen and oxygen atoms in total. The molecule has 0 amide bonds. The molecule has 0 fully saturated rings. The molecule has 0 aliphatic heterocycles. The first-order valence-corrected chi connectivity index (χ1v) is 7.30. The third-order valence-electron chi connectivity index (χ3n) is 2.63. The Morgan fingerprint density at radius 3 is 2.89 bits per heavy atom. The number of thiazole rings is 1. The van der Waals surface area contributed by atoms with Gasteiger partial charge in [-0.25, -0.2) is 4.98 Å². The van der Waals surface area contributed by atoms with Gasteiger partial charge < -0.3 is 10.4 Å². The van der Waals surface area contributed by atoms with Crippen LogP contribution >= 0.6 is 27.3 Å². The van der Waals surface area contributed by atoms with Crippen molar-refractivity contribution in [3.05, 3.63) is 44.3 Å². The molecule has 2 N–H and O–H groups in total. The highest BCUT2D eigenvalue weighted by Crippen LogP contribution is 2.25. The van der Waals surface area contributed by atoms with Crippen LogP contribution in [0.2, 0.25) is 0 Å². The van der Waals surface area contributed by atoms with E-state index in [0.29, 0.717) is 0 Å². The van der Waals surface area contributed by atoms with Gasteiger partial charge in [-0.1, -0.05) is 6.07 Å². The Hall–Kier alpha value is -0.910. The Balaban J connectivity index is 1.97. The highest BCUT2D eigenvalue weighted by Gasteiger charge is 2.09. The maximum atomic E-state index is 9.43. The monoisotopic (exact) mass is 326 g/mol. The lowest BCUT2D eigenvalue weighted by molar-refractivity contribution is 0.471. The summed E-state index contributed by atoms with van der Waals surface area (Å²) in [6.07, 6.45) is 1.90. The third kappa shape index (κ3) is 3.31. The van der Waals surface area contributed by atoms with Crippen molar-refractivity contribution in [2.45, 2.75) is 26.4 Å². The van der Waals surface area contributed by atoms with Crippen molar-refractivity contribution in [1.29, 1.82) is 0 Å². The molecule has 0 saturated heterocycles. The second-order valence-electron chi connectivity index (χ2n) is 4.20. The third-order valence-corrected chi connectivity index (χ3v) is 4.36. The zero-order chi connectivity index (χ0) is 13.1. The molecule has 1 aromatic carbocycles.